The lowest BCUT2D eigenvalue weighted by atomic mass is 9.45. The summed E-state index contributed by atoms with van der Waals surface area (Å²) in [6.07, 6.45) is 9.33. The van der Waals surface area contributed by atoms with E-state index < -0.39 is 0 Å². The van der Waals surface area contributed by atoms with Gasteiger partial charge >= 0.3 is 0 Å². The van der Waals surface area contributed by atoms with Crippen molar-refractivity contribution < 1.29 is 4.79 Å². The molecule has 4 aliphatic carbocycles. The summed E-state index contributed by atoms with van der Waals surface area (Å²) in [7, 11) is 0. The first kappa shape index (κ1) is 11.9. The van der Waals surface area contributed by atoms with E-state index in [1.54, 1.807) is 32.1 Å². The number of nitrogens with two attached hydrogens (primary N) is 1. The van der Waals surface area contributed by atoms with Crippen LogP contribution in [0.5, 0.6) is 0 Å². The van der Waals surface area contributed by atoms with E-state index in [-0.39, 0.29) is 5.91 Å². The summed E-state index contributed by atoms with van der Waals surface area (Å²) in [5.41, 5.74) is 6.00. The van der Waals surface area contributed by atoms with Crippen molar-refractivity contribution in [2.45, 2.75) is 59.3 Å². The highest BCUT2D eigenvalue weighted by Gasteiger charge is 2.53. The van der Waals surface area contributed by atoms with E-state index in [0.717, 1.165) is 22.7 Å². The van der Waals surface area contributed by atoms with Crippen LogP contribution in [-0.4, -0.2) is 5.91 Å². The molecule has 92 valence electrons. The van der Waals surface area contributed by atoms with Gasteiger partial charge in [0.2, 0.25) is 5.91 Å². The zero-order valence-corrected chi connectivity index (χ0v) is 10.9. The third kappa shape index (κ3) is 2.41. The Balaban J connectivity index is 0.000000212. The molecule has 0 unspecified atom stereocenters. The molecule has 0 atom stereocenters. The summed E-state index contributed by atoms with van der Waals surface area (Å²) in [6, 6.07) is 0. The molecule has 16 heavy (non-hydrogen) atoms. The van der Waals surface area contributed by atoms with Crippen molar-refractivity contribution in [1.82, 2.24) is 0 Å². The minimum atomic E-state index is -0.333. The van der Waals surface area contributed by atoms with Gasteiger partial charge in [-0.2, -0.15) is 0 Å². The molecule has 0 spiro atoms. The number of amides is 1. The van der Waals surface area contributed by atoms with Gasteiger partial charge in [-0.25, -0.2) is 0 Å². The Hall–Kier alpha value is -0.530. The summed E-state index contributed by atoms with van der Waals surface area (Å²) in [5, 5.41) is 0. The van der Waals surface area contributed by atoms with Crippen LogP contribution in [-0.2, 0) is 4.79 Å². The molecule has 0 aromatic heterocycles. The molecule has 2 heteroatoms. The van der Waals surface area contributed by atoms with Gasteiger partial charge in [-0.3, -0.25) is 4.79 Å². The molecule has 0 aromatic rings. The second-order valence-electron chi connectivity index (χ2n) is 7.19. The Kier molecular flexibility index (Phi) is 2.80. The maximum Gasteiger partial charge on any atom is 0.214 e. The van der Waals surface area contributed by atoms with Crippen LogP contribution in [0, 0.1) is 22.7 Å². The molecule has 0 heterocycles. The van der Waals surface area contributed by atoms with Crippen molar-refractivity contribution >= 4 is 5.91 Å². The Bertz CT molecular complexity index is 259. The minimum absolute atomic E-state index is 0.333. The molecule has 0 radical (unpaired) electrons. The van der Waals surface area contributed by atoms with Crippen molar-refractivity contribution in [2.24, 2.45) is 28.4 Å². The van der Waals surface area contributed by atoms with Crippen molar-refractivity contribution in [3.8, 4) is 0 Å². The predicted molar refractivity (Wildman–Crippen MR) is 65.8 cm³/mol. The molecule has 4 saturated carbocycles. The number of carbonyl (C=O) groups excluding carboxylic acids is 1. The average Bonchev–Trinajstić information content (AvgIpc) is 1.93. The predicted octanol–water partition coefficient (Wildman–Crippen LogP) is 3.10. The smallest absolute Gasteiger partial charge is 0.214 e. The molecule has 2 N–H and O–H groups in total. The molecular formula is C14H25NO. The van der Waals surface area contributed by atoms with E-state index in [0.29, 0.717) is 0 Å². The average molecular weight is 223 g/mol. The van der Waals surface area contributed by atoms with Gasteiger partial charge in [0.15, 0.2) is 0 Å². The first-order valence-electron chi connectivity index (χ1n) is 6.56. The summed E-state index contributed by atoms with van der Waals surface area (Å²) >= 11 is 0. The molecule has 4 rings (SSSR count). The minimum Gasteiger partial charge on any atom is -0.370 e. The maximum atomic E-state index is 9.22. The summed E-state index contributed by atoms with van der Waals surface area (Å²) in [6.45, 7) is 6.39. The van der Waals surface area contributed by atoms with Crippen molar-refractivity contribution in [3.63, 3.8) is 0 Å². The summed E-state index contributed by atoms with van der Waals surface area (Å²) in [4.78, 5) is 9.22. The lowest BCUT2D eigenvalue weighted by Crippen LogP contribution is -2.49. The van der Waals surface area contributed by atoms with Crippen LogP contribution < -0.4 is 5.73 Å². The number of hydrogen-bond acceptors (Lipinski definition) is 1. The Morgan fingerprint density at radius 3 is 1.62 bits per heavy atom. The van der Waals surface area contributed by atoms with Gasteiger partial charge in [0, 0.05) is 6.92 Å². The van der Waals surface area contributed by atoms with Crippen molar-refractivity contribution in [3.05, 3.63) is 0 Å². The molecule has 2 nitrogen and oxygen atoms in total. The van der Waals surface area contributed by atoms with Crippen molar-refractivity contribution in [1.29, 1.82) is 0 Å². The molecule has 1 amide bonds. The Morgan fingerprint density at radius 1 is 1.06 bits per heavy atom. The van der Waals surface area contributed by atoms with E-state index in [2.05, 4.69) is 19.6 Å². The van der Waals surface area contributed by atoms with Crippen LogP contribution in [0.2, 0.25) is 0 Å². The molecule has 0 aliphatic heterocycles. The number of primary amides is 1. The van der Waals surface area contributed by atoms with Gasteiger partial charge in [0.25, 0.3) is 0 Å². The van der Waals surface area contributed by atoms with Gasteiger partial charge in [-0.05, 0) is 61.2 Å². The van der Waals surface area contributed by atoms with Crippen LogP contribution in [0.25, 0.3) is 0 Å². The van der Waals surface area contributed by atoms with Gasteiger partial charge in [0.1, 0.15) is 0 Å². The first-order valence-corrected chi connectivity index (χ1v) is 6.56. The maximum absolute atomic E-state index is 9.22. The highest BCUT2D eigenvalue weighted by Crippen LogP contribution is 2.64. The van der Waals surface area contributed by atoms with E-state index in [4.69, 9.17) is 0 Å². The van der Waals surface area contributed by atoms with Gasteiger partial charge < -0.3 is 5.73 Å². The number of hydrogen-bond donors (Lipinski definition) is 1. The molecular weight excluding hydrogens is 198 g/mol. The quantitative estimate of drug-likeness (QED) is 0.673. The number of rotatable bonds is 0. The normalized spacial score (nSPS) is 48.4. The lowest BCUT2D eigenvalue weighted by molar-refractivity contribution is -0.115. The SMILES string of the molecule is CC(N)=O.CC12CC3CC(C1)CC(C)(C3)C2. The number of carbonyl (C=O) groups is 1. The summed E-state index contributed by atoms with van der Waals surface area (Å²) in [5.74, 6) is 1.89. The molecule has 4 aliphatic rings. The molecule has 4 bridgehead atoms. The zero-order valence-electron chi connectivity index (χ0n) is 10.9. The van der Waals surface area contributed by atoms with Gasteiger partial charge in [0.05, 0.1) is 0 Å². The fraction of sp³-hybridized carbons (Fsp3) is 0.929. The first-order chi connectivity index (χ1) is 7.30. The summed E-state index contributed by atoms with van der Waals surface area (Å²) < 4.78 is 0. The monoisotopic (exact) mass is 223 g/mol. The Labute approximate surface area is 99.0 Å². The van der Waals surface area contributed by atoms with Crippen LogP contribution in [0.15, 0.2) is 0 Å². The van der Waals surface area contributed by atoms with Crippen LogP contribution in [0.4, 0.5) is 0 Å². The Morgan fingerprint density at radius 2 is 1.38 bits per heavy atom. The second-order valence-corrected chi connectivity index (χ2v) is 7.19. The van der Waals surface area contributed by atoms with E-state index >= 15 is 0 Å². The van der Waals surface area contributed by atoms with Crippen LogP contribution >= 0.6 is 0 Å². The third-order valence-electron chi connectivity index (χ3n) is 4.65. The highest BCUT2D eigenvalue weighted by molar-refractivity contribution is 5.70. The highest BCUT2D eigenvalue weighted by atomic mass is 16.1. The molecule has 0 saturated heterocycles. The van der Waals surface area contributed by atoms with Gasteiger partial charge in [-0.15, -0.1) is 0 Å². The van der Waals surface area contributed by atoms with Crippen LogP contribution in [0.3, 0.4) is 0 Å². The van der Waals surface area contributed by atoms with Gasteiger partial charge in [-0.1, -0.05) is 13.8 Å². The van der Waals surface area contributed by atoms with Crippen molar-refractivity contribution in [2.75, 3.05) is 0 Å². The largest absolute Gasteiger partial charge is 0.370 e. The fourth-order valence-corrected chi connectivity index (χ4v) is 5.22. The second kappa shape index (κ2) is 3.75. The molecule has 0 aromatic carbocycles. The van der Waals surface area contributed by atoms with E-state index in [1.165, 1.54) is 13.3 Å². The van der Waals surface area contributed by atoms with E-state index in [1.807, 2.05) is 0 Å². The van der Waals surface area contributed by atoms with E-state index in [9.17, 15) is 4.79 Å². The third-order valence-corrected chi connectivity index (χ3v) is 4.65. The zero-order chi connectivity index (χ0) is 12.0. The lowest BCUT2D eigenvalue weighted by Gasteiger charge is -2.60. The standard InChI is InChI=1S/C12H20.C2H5NO/c1-11-4-9-3-10(5-11)7-12(2,6-9)8-11;1-2(3)4/h9-10H,3-8H2,1-2H3;1H3,(H2,3,4). The fourth-order valence-electron chi connectivity index (χ4n) is 5.22. The topological polar surface area (TPSA) is 43.1 Å². The van der Waals surface area contributed by atoms with Crippen LogP contribution in [0.1, 0.15) is 59.3 Å². The molecule has 4 fully saturated rings.